The summed E-state index contributed by atoms with van der Waals surface area (Å²) >= 11 is 6.04. The molecule has 22 heavy (non-hydrogen) atoms. The van der Waals surface area contributed by atoms with E-state index in [1.807, 2.05) is 0 Å². The Morgan fingerprint density at radius 3 is 2.73 bits per heavy atom. The van der Waals surface area contributed by atoms with Crippen LogP contribution in [0.5, 0.6) is 0 Å². The summed E-state index contributed by atoms with van der Waals surface area (Å²) in [6, 6.07) is 7.64. The Balaban J connectivity index is 1.85. The molecule has 1 aliphatic carbocycles. The van der Waals surface area contributed by atoms with Crippen LogP contribution in [0.15, 0.2) is 41.0 Å². The lowest BCUT2D eigenvalue weighted by atomic mass is 10.1. The number of carbonyl (C=O) groups is 1. The molecule has 0 unspecified atom stereocenters. The maximum absolute atomic E-state index is 12.7. The van der Waals surface area contributed by atoms with Crippen molar-refractivity contribution in [2.45, 2.75) is 25.4 Å². The van der Waals surface area contributed by atoms with Gasteiger partial charge < -0.3 is 9.32 Å². The van der Waals surface area contributed by atoms with Crippen molar-refractivity contribution >= 4 is 23.2 Å². The molecule has 1 aromatic carbocycles. The number of halogens is 1. The number of rotatable bonds is 5. The lowest BCUT2D eigenvalue weighted by Gasteiger charge is -2.21. The van der Waals surface area contributed by atoms with E-state index in [1.165, 1.54) is 18.2 Å². The zero-order valence-electron chi connectivity index (χ0n) is 11.6. The summed E-state index contributed by atoms with van der Waals surface area (Å²) in [6.07, 6.45) is 3.44. The number of nitrogens with zero attached hydrogens (tertiary/aromatic N) is 2. The van der Waals surface area contributed by atoms with Crippen LogP contribution in [-0.2, 0) is 6.54 Å². The molecule has 1 aromatic heterocycles. The van der Waals surface area contributed by atoms with Crippen molar-refractivity contribution < 1.29 is 14.1 Å². The lowest BCUT2D eigenvalue weighted by Crippen LogP contribution is -2.32. The quantitative estimate of drug-likeness (QED) is 0.622. The number of nitro benzene ring substituents is 1. The molecule has 1 aliphatic rings. The Bertz CT molecular complexity index is 710. The molecule has 0 saturated heterocycles. The van der Waals surface area contributed by atoms with Gasteiger partial charge in [0.15, 0.2) is 0 Å². The van der Waals surface area contributed by atoms with Crippen molar-refractivity contribution in [1.29, 1.82) is 0 Å². The molecule has 1 fully saturated rings. The maximum Gasteiger partial charge on any atom is 0.270 e. The number of benzene rings is 1. The molecule has 0 bridgehead atoms. The fraction of sp³-hybridized carbons (Fsp3) is 0.267. The monoisotopic (exact) mass is 320 g/mol. The van der Waals surface area contributed by atoms with Gasteiger partial charge in [0.05, 0.1) is 28.3 Å². The van der Waals surface area contributed by atoms with Gasteiger partial charge in [-0.05, 0) is 31.0 Å². The van der Waals surface area contributed by atoms with Crippen LogP contribution >= 0.6 is 11.6 Å². The second-order valence-corrected chi connectivity index (χ2v) is 5.57. The molecule has 0 spiro atoms. The molecule has 1 heterocycles. The normalized spacial score (nSPS) is 13.9. The molecular weight excluding hydrogens is 308 g/mol. The van der Waals surface area contributed by atoms with E-state index < -0.39 is 4.92 Å². The number of nitro groups is 1. The SMILES string of the molecule is O=C(c1ccc([N+](=O)[O-])cc1Cl)N(Cc1ccco1)C1CC1. The van der Waals surface area contributed by atoms with Crippen LogP contribution in [-0.4, -0.2) is 21.8 Å². The minimum atomic E-state index is -0.540. The van der Waals surface area contributed by atoms with E-state index in [0.717, 1.165) is 12.8 Å². The first-order valence-corrected chi connectivity index (χ1v) is 7.21. The van der Waals surface area contributed by atoms with E-state index in [9.17, 15) is 14.9 Å². The molecule has 0 aliphatic heterocycles. The molecule has 7 heteroatoms. The van der Waals surface area contributed by atoms with Crippen molar-refractivity contribution in [2.75, 3.05) is 0 Å². The third kappa shape index (κ3) is 2.96. The summed E-state index contributed by atoms with van der Waals surface area (Å²) in [5.74, 6) is 0.456. The van der Waals surface area contributed by atoms with Gasteiger partial charge in [-0.1, -0.05) is 11.6 Å². The molecule has 0 atom stereocenters. The van der Waals surface area contributed by atoms with Crippen LogP contribution in [0.1, 0.15) is 29.0 Å². The largest absolute Gasteiger partial charge is 0.467 e. The Morgan fingerprint density at radius 1 is 1.41 bits per heavy atom. The molecular formula is C15H13ClN2O4. The number of furan rings is 1. The third-order valence-corrected chi connectivity index (χ3v) is 3.86. The molecule has 0 N–H and O–H groups in total. The van der Waals surface area contributed by atoms with Crippen molar-refractivity contribution in [3.63, 3.8) is 0 Å². The Labute approximate surface area is 131 Å². The van der Waals surface area contributed by atoms with E-state index in [4.69, 9.17) is 16.0 Å². The minimum Gasteiger partial charge on any atom is -0.467 e. The first-order valence-electron chi connectivity index (χ1n) is 6.83. The standard InChI is InChI=1S/C15H13ClN2O4/c16-14-8-11(18(20)21)5-6-13(14)15(19)17(10-3-4-10)9-12-2-1-7-22-12/h1-2,5-8,10H,3-4,9H2. The number of non-ortho nitro benzene ring substituents is 1. The summed E-state index contributed by atoms with van der Waals surface area (Å²) in [5.41, 5.74) is 0.135. The summed E-state index contributed by atoms with van der Waals surface area (Å²) in [4.78, 5) is 24.6. The zero-order valence-corrected chi connectivity index (χ0v) is 12.3. The summed E-state index contributed by atoms with van der Waals surface area (Å²) in [6.45, 7) is 0.365. The molecule has 1 saturated carbocycles. The number of amides is 1. The van der Waals surface area contributed by atoms with E-state index in [0.29, 0.717) is 12.3 Å². The fourth-order valence-electron chi connectivity index (χ4n) is 2.27. The van der Waals surface area contributed by atoms with Gasteiger partial charge in [0, 0.05) is 18.2 Å². The van der Waals surface area contributed by atoms with Gasteiger partial charge in [0.2, 0.25) is 0 Å². The topological polar surface area (TPSA) is 76.6 Å². The number of hydrogen-bond donors (Lipinski definition) is 0. The van der Waals surface area contributed by atoms with E-state index in [1.54, 1.807) is 23.3 Å². The van der Waals surface area contributed by atoms with Crippen molar-refractivity contribution in [3.8, 4) is 0 Å². The van der Waals surface area contributed by atoms with Gasteiger partial charge in [-0.15, -0.1) is 0 Å². The number of carbonyl (C=O) groups excluding carboxylic acids is 1. The molecule has 2 aromatic rings. The smallest absolute Gasteiger partial charge is 0.270 e. The first-order chi connectivity index (χ1) is 10.6. The maximum atomic E-state index is 12.7. The van der Waals surface area contributed by atoms with Gasteiger partial charge in [-0.2, -0.15) is 0 Å². The van der Waals surface area contributed by atoms with Crippen LogP contribution in [0.2, 0.25) is 5.02 Å². The van der Waals surface area contributed by atoms with Crippen molar-refractivity contribution in [2.24, 2.45) is 0 Å². The average molecular weight is 321 g/mol. The van der Waals surface area contributed by atoms with Gasteiger partial charge in [-0.3, -0.25) is 14.9 Å². The van der Waals surface area contributed by atoms with Crippen LogP contribution in [0.25, 0.3) is 0 Å². The predicted molar refractivity (Wildman–Crippen MR) is 79.7 cm³/mol. The Morgan fingerprint density at radius 2 is 2.18 bits per heavy atom. The fourth-order valence-corrected chi connectivity index (χ4v) is 2.52. The summed E-state index contributed by atoms with van der Waals surface area (Å²) in [5, 5.41) is 10.8. The Kier molecular flexibility index (Phi) is 3.85. The van der Waals surface area contributed by atoms with Gasteiger partial charge in [0.25, 0.3) is 11.6 Å². The molecule has 0 radical (unpaired) electrons. The molecule has 114 valence electrons. The molecule has 1 amide bonds. The summed E-state index contributed by atoms with van der Waals surface area (Å²) < 4.78 is 5.29. The molecule has 6 nitrogen and oxygen atoms in total. The van der Waals surface area contributed by atoms with Gasteiger partial charge in [-0.25, -0.2) is 0 Å². The highest BCUT2D eigenvalue weighted by molar-refractivity contribution is 6.34. The second kappa shape index (κ2) is 5.81. The lowest BCUT2D eigenvalue weighted by molar-refractivity contribution is -0.384. The van der Waals surface area contributed by atoms with E-state index >= 15 is 0 Å². The van der Waals surface area contributed by atoms with Crippen LogP contribution in [0.4, 0.5) is 5.69 Å². The van der Waals surface area contributed by atoms with Gasteiger partial charge in [0.1, 0.15) is 5.76 Å². The highest BCUT2D eigenvalue weighted by Crippen LogP contribution is 2.32. The van der Waals surface area contributed by atoms with Crippen LogP contribution in [0, 0.1) is 10.1 Å². The van der Waals surface area contributed by atoms with E-state index in [2.05, 4.69) is 0 Å². The van der Waals surface area contributed by atoms with Crippen molar-refractivity contribution in [3.05, 3.63) is 63.1 Å². The first kappa shape index (κ1) is 14.6. The Hall–Kier alpha value is -2.34. The minimum absolute atomic E-state index is 0.0873. The third-order valence-electron chi connectivity index (χ3n) is 3.55. The highest BCUT2D eigenvalue weighted by Gasteiger charge is 2.34. The second-order valence-electron chi connectivity index (χ2n) is 5.16. The zero-order chi connectivity index (χ0) is 15.7. The van der Waals surface area contributed by atoms with E-state index in [-0.39, 0.29) is 28.2 Å². The predicted octanol–water partition coefficient (Wildman–Crippen LogP) is 3.65. The van der Waals surface area contributed by atoms with Crippen molar-refractivity contribution in [1.82, 2.24) is 4.90 Å². The van der Waals surface area contributed by atoms with Gasteiger partial charge >= 0.3 is 0 Å². The van der Waals surface area contributed by atoms with Crippen LogP contribution < -0.4 is 0 Å². The summed E-state index contributed by atoms with van der Waals surface area (Å²) in [7, 11) is 0. The number of hydrogen-bond acceptors (Lipinski definition) is 4. The highest BCUT2D eigenvalue weighted by atomic mass is 35.5. The average Bonchev–Trinajstić information content (AvgIpc) is 3.20. The van der Waals surface area contributed by atoms with Crippen LogP contribution in [0.3, 0.4) is 0 Å². The molecule has 3 rings (SSSR count).